The molecule has 0 aromatic heterocycles. The average molecular weight is 282 g/mol. The predicted molar refractivity (Wildman–Crippen MR) is 76.1 cm³/mol. The van der Waals surface area contributed by atoms with Crippen molar-refractivity contribution in [2.75, 3.05) is 0 Å². The van der Waals surface area contributed by atoms with Gasteiger partial charge in [0, 0.05) is 6.04 Å². The van der Waals surface area contributed by atoms with Gasteiger partial charge in [-0.05, 0) is 31.6 Å². The zero-order chi connectivity index (χ0) is 14.8. The zero-order valence-corrected chi connectivity index (χ0v) is 12.2. The van der Waals surface area contributed by atoms with Crippen LogP contribution in [0.25, 0.3) is 0 Å². The molecule has 2 fully saturated rings. The van der Waals surface area contributed by atoms with Crippen LogP contribution in [-0.2, 0) is 9.59 Å². The van der Waals surface area contributed by atoms with E-state index in [4.69, 9.17) is 5.73 Å². The van der Waals surface area contributed by atoms with E-state index < -0.39 is 17.4 Å². The van der Waals surface area contributed by atoms with Crippen LogP contribution in [0.1, 0.15) is 58.3 Å². The van der Waals surface area contributed by atoms with Crippen LogP contribution >= 0.6 is 0 Å². The van der Waals surface area contributed by atoms with Gasteiger partial charge in [0.25, 0.3) is 0 Å². The summed E-state index contributed by atoms with van der Waals surface area (Å²) in [5.74, 6) is -0.960. The molecule has 114 valence electrons. The first kappa shape index (κ1) is 15.3. The Morgan fingerprint density at radius 3 is 2.55 bits per heavy atom. The number of amides is 1. The molecule has 5 heteroatoms. The number of carbonyl (C=O) groups is 2. The third-order valence-corrected chi connectivity index (χ3v) is 4.88. The van der Waals surface area contributed by atoms with E-state index in [1.165, 1.54) is 0 Å². The third kappa shape index (κ3) is 3.32. The number of hydrogen-bond acceptors (Lipinski definition) is 3. The first-order valence-corrected chi connectivity index (χ1v) is 7.75. The summed E-state index contributed by atoms with van der Waals surface area (Å²) in [4.78, 5) is 23.7. The molecule has 0 aromatic rings. The van der Waals surface area contributed by atoms with Crippen LogP contribution in [0.5, 0.6) is 0 Å². The van der Waals surface area contributed by atoms with E-state index >= 15 is 0 Å². The van der Waals surface area contributed by atoms with Gasteiger partial charge in [0.1, 0.15) is 0 Å². The van der Waals surface area contributed by atoms with Gasteiger partial charge in [0.2, 0.25) is 5.91 Å². The van der Waals surface area contributed by atoms with E-state index in [1.807, 2.05) is 0 Å². The summed E-state index contributed by atoms with van der Waals surface area (Å²) in [5, 5.41) is 12.2. The minimum absolute atomic E-state index is 0.151. The molecule has 0 bridgehead atoms. The molecule has 5 nitrogen and oxygen atoms in total. The Morgan fingerprint density at radius 1 is 1.20 bits per heavy atom. The lowest BCUT2D eigenvalue weighted by Gasteiger charge is -2.38. The monoisotopic (exact) mass is 282 g/mol. The fourth-order valence-electron chi connectivity index (χ4n) is 3.71. The van der Waals surface area contributed by atoms with Crippen LogP contribution in [-0.4, -0.2) is 28.6 Å². The van der Waals surface area contributed by atoms with E-state index in [2.05, 4.69) is 12.2 Å². The van der Waals surface area contributed by atoms with Crippen LogP contribution in [0, 0.1) is 11.8 Å². The highest BCUT2D eigenvalue weighted by Gasteiger charge is 2.40. The number of carboxylic acid groups (broad SMARTS) is 1. The molecule has 4 N–H and O–H groups in total. The summed E-state index contributed by atoms with van der Waals surface area (Å²) < 4.78 is 0. The standard InChI is InChI=1S/C15H26N2O3/c1-10-5-4-8-15(16,9-10)14(20)17-12-7-3-2-6-11(12)13(18)19/h10-12H,2-9,16H2,1H3,(H,17,20)(H,18,19). The van der Waals surface area contributed by atoms with Crippen molar-refractivity contribution in [3.05, 3.63) is 0 Å². The van der Waals surface area contributed by atoms with Crippen molar-refractivity contribution in [3.8, 4) is 0 Å². The minimum Gasteiger partial charge on any atom is -0.481 e. The molecular weight excluding hydrogens is 256 g/mol. The maximum absolute atomic E-state index is 12.5. The fourth-order valence-corrected chi connectivity index (χ4v) is 3.71. The maximum Gasteiger partial charge on any atom is 0.308 e. The summed E-state index contributed by atoms with van der Waals surface area (Å²) in [6, 6.07) is -0.258. The predicted octanol–water partition coefficient (Wildman–Crippen LogP) is 1.65. The van der Waals surface area contributed by atoms with Gasteiger partial charge in [-0.15, -0.1) is 0 Å². The molecular formula is C15H26N2O3. The second-order valence-corrected chi connectivity index (χ2v) is 6.67. The molecule has 0 heterocycles. The molecule has 0 aromatic carbocycles. The zero-order valence-electron chi connectivity index (χ0n) is 12.2. The van der Waals surface area contributed by atoms with Gasteiger partial charge in [-0.1, -0.05) is 32.6 Å². The quantitative estimate of drug-likeness (QED) is 0.734. The van der Waals surface area contributed by atoms with Gasteiger partial charge < -0.3 is 16.2 Å². The SMILES string of the molecule is CC1CCCC(N)(C(=O)NC2CCCCC2C(=O)O)C1. The van der Waals surface area contributed by atoms with Gasteiger partial charge in [0.15, 0.2) is 0 Å². The van der Waals surface area contributed by atoms with Gasteiger partial charge in [-0.3, -0.25) is 9.59 Å². The van der Waals surface area contributed by atoms with Crippen LogP contribution in [0.3, 0.4) is 0 Å². The van der Waals surface area contributed by atoms with Gasteiger partial charge in [-0.25, -0.2) is 0 Å². The van der Waals surface area contributed by atoms with Crippen molar-refractivity contribution >= 4 is 11.9 Å². The summed E-state index contributed by atoms with van der Waals surface area (Å²) in [6.45, 7) is 2.12. The van der Waals surface area contributed by atoms with Gasteiger partial charge in [-0.2, -0.15) is 0 Å². The van der Waals surface area contributed by atoms with Crippen molar-refractivity contribution in [2.24, 2.45) is 17.6 Å². The van der Waals surface area contributed by atoms with E-state index in [0.29, 0.717) is 25.2 Å². The third-order valence-electron chi connectivity index (χ3n) is 4.88. The number of carbonyl (C=O) groups excluding carboxylic acids is 1. The number of hydrogen-bond donors (Lipinski definition) is 3. The molecule has 20 heavy (non-hydrogen) atoms. The fraction of sp³-hybridized carbons (Fsp3) is 0.867. The lowest BCUT2D eigenvalue weighted by molar-refractivity contribution is -0.144. The van der Waals surface area contributed by atoms with E-state index in [1.54, 1.807) is 0 Å². The Balaban J connectivity index is 2.00. The summed E-state index contributed by atoms with van der Waals surface area (Å²) in [6.07, 6.45) is 6.78. The second-order valence-electron chi connectivity index (χ2n) is 6.67. The maximum atomic E-state index is 12.5. The lowest BCUT2D eigenvalue weighted by Crippen LogP contribution is -2.59. The van der Waals surface area contributed by atoms with Crippen LogP contribution in [0.4, 0.5) is 0 Å². The Morgan fingerprint density at radius 2 is 1.90 bits per heavy atom. The molecule has 2 aliphatic rings. The van der Waals surface area contributed by atoms with E-state index in [-0.39, 0.29) is 11.9 Å². The molecule has 1 amide bonds. The van der Waals surface area contributed by atoms with Crippen molar-refractivity contribution in [3.63, 3.8) is 0 Å². The van der Waals surface area contributed by atoms with Crippen molar-refractivity contribution in [1.82, 2.24) is 5.32 Å². The number of nitrogens with one attached hydrogen (secondary N) is 1. The summed E-state index contributed by atoms with van der Waals surface area (Å²) in [7, 11) is 0. The summed E-state index contributed by atoms with van der Waals surface area (Å²) in [5.41, 5.74) is 5.46. The molecule has 0 spiro atoms. The Labute approximate surface area is 120 Å². The molecule has 0 aliphatic heterocycles. The number of rotatable bonds is 3. The molecule has 0 saturated heterocycles. The molecule has 2 saturated carbocycles. The normalized spacial score (nSPS) is 38.2. The molecule has 0 radical (unpaired) electrons. The summed E-state index contributed by atoms with van der Waals surface area (Å²) >= 11 is 0. The molecule has 4 atom stereocenters. The largest absolute Gasteiger partial charge is 0.481 e. The topological polar surface area (TPSA) is 92.4 Å². The van der Waals surface area contributed by atoms with E-state index in [0.717, 1.165) is 32.1 Å². The number of aliphatic carboxylic acids is 1. The number of carboxylic acids is 1. The second kappa shape index (κ2) is 6.12. The van der Waals surface area contributed by atoms with Crippen molar-refractivity contribution < 1.29 is 14.7 Å². The van der Waals surface area contributed by atoms with Crippen LogP contribution in [0.15, 0.2) is 0 Å². The number of nitrogens with two attached hydrogens (primary N) is 1. The molecule has 2 aliphatic carbocycles. The lowest BCUT2D eigenvalue weighted by atomic mass is 9.76. The Bertz CT molecular complexity index is 385. The molecule has 2 rings (SSSR count). The average Bonchev–Trinajstić information content (AvgIpc) is 2.38. The Hall–Kier alpha value is -1.10. The van der Waals surface area contributed by atoms with Crippen LogP contribution in [0.2, 0.25) is 0 Å². The first-order valence-electron chi connectivity index (χ1n) is 7.75. The van der Waals surface area contributed by atoms with Crippen molar-refractivity contribution in [1.29, 1.82) is 0 Å². The highest BCUT2D eigenvalue weighted by atomic mass is 16.4. The molecule has 4 unspecified atom stereocenters. The van der Waals surface area contributed by atoms with Gasteiger partial charge >= 0.3 is 5.97 Å². The smallest absolute Gasteiger partial charge is 0.308 e. The minimum atomic E-state index is -0.807. The highest BCUT2D eigenvalue weighted by molar-refractivity contribution is 5.87. The van der Waals surface area contributed by atoms with Gasteiger partial charge in [0.05, 0.1) is 11.5 Å². The van der Waals surface area contributed by atoms with Crippen LogP contribution < -0.4 is 11.1 Å². The Kier molecular flexibility index (Phi) is 4.68. The highest BCUT2D eigenvalue weighted by Crippen LogP contribution is 2.31. The van der Waals surface area contributed by atoms with Crippen molar-refractivity contribution in [2.45, 2.75) is 69.9 Å². The first-order chi connectivity index (χ1) is 9.42. The van der Waals surface area contributed by atoms with E-state index in [9.17, 15) is 14.7 Å².